The maximum atomic E-state index is 12.7. The van der Waals surface area contributed by atoms with Crippen molar-refractivity contribution in [2.45, 2.75) is 11.8 Å². The topological polar surface area (TPSA) is 68.5 Å². The fourth-order valence-corrected chi connectivity index (χ4v) is 3.64. The van der Waals surface area contributed by atoms with Crippen LogP contribution in [0.2, 0.25) is 0 Å². The Hall–Kier alpha value is -2.16. The lowest BCUT2D eigenvalue weighted by Gasteiger charge is -2.22. The molecule has 146 valence electrons. The average Bonchev–Trinajstić information content (AvgIpc) is 3.19. The zero-order valence-corrected chi connectivity index (χ0v) is 17.8. The fraction of sp³-hybridized carbons (Fsp3) is 0.250. The Bertz CT molecular complexity index is 904. The monoisotopic (exact) mass is 461 g/mol. The molecule has 1 amide bonds. The highest BCUT2D eigenvalue weighted by Gasteiger charge is 2.17. The smallest absolute Gasteiger partial charge is 0.277 e. The lowest BCUT2D eigenvalue weighted by atomic mass is 10.2. The molecule has 28 heavy (non-hydrogen) atoms. The quantitative estimate of drug-likeness (QED) is 0.443. The summed E-state index contributed by atoms with van der Waals surface area (Å²) in [5.74, 6) is 0.628. The first-order chi connectivity index (χ1) is 13.7. The summed E-state index contributed by atoms with van der Waals surface area (Å²) in [6, 6.07) is 17.5. The molecule has 0 bridgehead atoms. The number of thioether (sulfide) groups is 1. The Morgan fingerprint density at radius 1 is 1.14 bits per heavy atom. The Balaban J connectivity index is 1.61. The minimum atomic E-state index is -0.00783. The summed E-state index contributed by atoms with van der Waals surface area (Å²) < 4.78 is 11.7. The largest absolute Gasteiger partial charge is 0.411 e. The summed E-state index contributed by atoms with van der Waals surface area (Å²) in [6.45, 7) is 1.54. The molecule has 3 aromatic rings. The molecule has 3 rings (SSSR count). The van der Waals surface area contributed by atoms with E-state index in [0.29, 0.717) is 30.8 Å². The molecule has 0 spiro atoms. The molecule has 1 aromatic heterocycles. The van der Waals surface area contributed by atoms with Gasteiger partial charge in [0, 0.05) is 24.7 Å². The molecule has 0 fully saturated rings. The average molecular weight is 462 g/mol. The summed E-state index contributed by atoms with van der Waals surface area (Å²) in [5.41, 5.74) is 1.89. The van der Waals surface area contributed by atoms with Gasteiger partial charge in [-0.05, 0) is 33.6 Å². The number of hydrogen-bond acceptors (Lipinski definition) is 6. The molecule has 8 heteroatoms. The number of nitrogens with zero attached hydrogens (tertiary/aromatic N) is 3. The molecule has 0 atom stereocenters. The Kier molecular flexibility index (Phi) is 7.64. The predicted molar refractivity (Wildman–Crippen MR) is 112 cm³/mol. The normalized spacial score (nSPS) is 10.8. The van der Waals surface area contributed by atoms with Crippen LogP contribution in [0.4, 0.5) is 0 Å². The van der Waals surface area contributed by atoms with Gasteiger partial charge in [-0.2, -0.15) is 0 Å². The molecule has 0 radical (unpaired) electrons. The number of halogens is 1. The van der Waals surface area contributed by atoms with E-state index in [1.54, 1.807) is 12.0 Å². The SMILES string of the molecule is COCCN(Cc1ccccc1)C(=O)CSc1nnc(-c2ccccc2Br)o1. The van der Waals surface area contributed by atoms with Crippen LogP contribution in [0.25, 0.3) is 11.5 Å². The summed E-state index contributed by atoms with van der Waals surface area (Å²) in [4.78, 5) is 14.5. The van der Waals surface area contributed by atoms with Gasteiger partial charge in [-0.25, -0.2) is 0 Å². The van der Waals surface area contributed by atoms with Crippen molar-refractivity contribution in [3.05, 3.63) is 64.6 Å². The summed E-state index contributed by atoms with van der Waals surface area (Å²) in [6.07, 6.45) is 0. The summed E-state index contributed by atoms with van der Waals surface area (Å²) in [5, 5.41) is 8.48. The van der Waals surface area contributed by atoms with E-state index in [9.17, 15) is 4.79 Å². The van der Waals surface area contributed by atoms with Crippen molar-refractivity contribution >= 4 is 33.6 Å². The van der Waals surface area contributed by atoms with Crippen LogP contribution in [0.3, 0.4) is 0 Å². The highest BCUT2D eigenvalue weighted by atomic mass is 79.9. The number of amides is 1. The van der Waals surface area contributed by atoms with E-state index in [4.69, 9.17) is 9.15 Å². The van der Waals surface area contributed by atoms with Crippen LogP contribution < -0.4 is 0 Å². The second-order valence-corrected chi connectivity index (χ2v) is 7.72. The standard InChI is InChI=1S/C20H20BrN3O3S/c1-26-12-11-24(13-15-7-3-2-4-8-15)18(25)14-28-20-23-22-19(27-20)16-9-5-6-10-17(16)21/h2-10H,11-14H2,1H3. The van der Waals surface area contributed by atoms with Crippen LogP contribution in [0.5, 0.6) is 0 Å². The zero-order chi connectivity index (χ0) is 19.8. The number of carbonyl (C=O) groups excluding carboxylic acids is 1. The zero-order valence-electron chi connectivity index (χ0n) is 15.4. The summed E-state index contributed by atoms with van der Waals surface area (Å²) >= 11 is 4.71. The lowest BCUT2D eigenvalue weighted by Crippen LogP contribution is -2.34. The van der Waals surface area contributed by atoms with E-state index < -0.39 is 0 Å². The van der Waals surface area contributed by atoms with Gasteiger partial charge < -0.3 is 14.1 Å². The molecule has 0 aliphatic carbocycles. The van der Waals surface area contributed by atoms with Crippen molar-refractivity contribution < 1.29 is 13.9 Å². The second kappa shape index (κ2) is 10.4. The third kappa shape index (κ3) is 5.67. The maximum Gasteiger partial charge on any atom is 0.277 e. The van der Waals surface area contributed by atoms with E-state index in [1.807, 2.05) is 54.6 Å². The lowest BCUT2D eigenvalue weighted by molar-refractivity contribution is -0.129. The van der Waals surface area contributed by atoms with Crippen molar-refractivity contribution in [3.8, 4) is 11.5 Å². The van der Waals surface area contributed by atoms with Crippen LogP contribution in [0.1, 0.15) is 5.56 Å². The van der Waals surface area contributed by atoms with Gasteiger partial charge in [0.15, 0.2) is 0 Å². The Morgan fingerprint density at radius 3 is 2.64 bits per heavy atom. The van der Waals surface area contributed by atoms with Gasteiger partial charge in [-0.1, -0.05) is 54.2 Å². The number of aromatic nitrogens is 2. The van der Waals surface area contributed by atoms with E-state index in [-0.39, 0.29) is 11.7 Å². The van der Waals surface area contributed by atoms with Gasteiger partial charge in [-0.15, -0.1) is 10.2 Å². The number of hydrogen-bond donors (Lipinski definition) is 0. The molecule has 0 aliphatic heterocycles. The molecule has 0 aliphatic rings. The van der Waals surface area contributed by atoms with Crippen molar-refractivity contribution in [1.29, 1.82) is 0 Å². The van der Waals surface area contributed by atoms with Crippen LogP contribution in [-0.2, 0) is 16.1 Å². The van der Waals surface area contributed by atoms with Gasteiger partial charge >= 0.3 is 0 Å². The van der Waals surface area contributed by atoms with Gasteiger partial charge in [0.2, 0.25) is 11.8 Å². The molecular formula is C20H20BrN3O3S. The van der Waals surface area contributed by atoms with Gasteiger partial charge in [0.05, 0.1) is 17.9 Å². The predicted octanol–water partition coefficient (Wildman–Crippen LogP) is 4.27. The summed E-state index contributed by atoms with van der Waals surface area (Å²) in [7, 11) is 1.63. The fourth-order valence-electron chi connectivity index (χ4n) is 2.52. The minimum absolute atomic E-state index is 0.00783. The number of benzene rings is 2. The van der Waals surface area contributed by atoms with E-state index in [0.717, 1.165) is 15.6 Å². The third-order valence-corrected chi connectivity index (χ3v) is 5.46. The molecule has 0 N–H and O–H groups in total. The van der Waals surface area contributed by atoms with Crippen molar-refractivity contribution in [3.63, 3.8) is 0 Å². The van der Waals surface area contributed by atoms with Gasteiger partial charge in [0.25, 0.3) is 5.22 Å². The van der Waals surface area contributed by atoms with E-state index in [1.165, 1.54) is 11.8 Å². The number of rotatable bonds is 9. The van der Waals surface area contributed by atoms with Crippen LogP contribution >= 0.6 is 27.7 Å². The molecular weight excluding hydrogens is 442 g/mol. The Labute approximate surface area is 176 Å². The first kappa shape index (κ1) is 20.6. The maximum absolute atomic E-state index is 12.7. The van der Waals surface area contributed by atoms with Crippen LogP contribution in [0, 0.1) is 0 Å². The first-order valence-corrected chi connectivity index (χ1v) is 10.5. The number of ether oxygens (including phenoxy) is 1. The van der Waals surface area contributed by atoms with Crippen LogP contribution in [0.15, 0.2) is 68.7 Å². The second-order valence-electron chi connectivity index (χ2n) is 5.94. The van der Waals surface area contributed by atoms with Crippen molar-refractivity contribution in [2.75, 3.05) is 26.0 Å². The molecule has 0 unspecified atom stereocenters. The highest BCUT2D eigenvalue weighted by molar-refractivity contribution is 9.10. The third-order valence-electron chi connectivity index (χ3n) is 3.96. The van der Waals surface area contributed by atoms with E-state index in [2.05, 4.69) is 26.1 Å². The number of carbonyl (C=O) groups is 1. The number of methoxy groups -OCH3 is 1. The first-order valence-electron chi connectivity index (χ1n) is 8.69. The van der Waals surface area contributed by atoms with Crippen molar-refractivity contribution in [1.82, 2.24) is 15.1 Å². The Morgan fingerprint density at radius 2 is 1.89 bits per heavy atom. The van der Waals surface area contributed by atoms with Gasteiger partial charge in [0.1, 0.15) is 0 Å². The molecule has 2 aromatic carbocycles. The van der Waals surface area contributed by atoms with Crippen LogP contribution in [-0.4, -0.2) is 47.0 Å². The van der Waals surface area contributed by atoms with Crippen molar-refractivity contribution in [2.24, 2.45) is 0 Å². The van der Waals surface area contributed by atoms with Gasteiger partial charge in [-0.3, -0.25) is 4.79 Å². The van der Waals surface area contributed by atoms with E-state index >= 15 is 0 Å². The minimum Gasteiger partial charge on any atom is -0.411 e. The molecule has 0 saturated heterocycles. The molecule has 6 nitrogen and oxygen atoms in total. The molecule has 0 saturated carbocycles. The highest BCUT2D eigenvalue weighted by Crippen LogP contribution is 2.29. The molecule has 1 heterocycles.